The van der Waals surface area contributed by atoms with Crippen LogP contribution >= 0.6 is 11.6 Å². The van der Waals surface area contributed by atoms with Crippen molar-refractivity contribution in [2.24, 2.45) is 0 Å². The van der Waals surface area contributed by atoms with Gasteiger partial charge in [0.05, 0.1) is 6.20 Å². The number of benzene rings is 2. The van der Waals surface area contributed by atoms with Crippen LogP contribution in [0.3, 0.4) is 0 Å². The molecule has 0 aliphatic carbocycles. The molecule has 0 aliphatic heterocycles. The lowest BCUT2D eigenvalue weighted by atomic mass is 10.2. The minimum Gasteiger partial charge on any atom is -0.444 e. The first-order chi connectivity index (χ1) is 14.7. The van der Waals surface area contributed by atoms with Gasteiger partial charge in [0.25, 0.3) is 5.91 Å². The van der Waals surface area contributed by atoms with Gasteiger partial charge in [-0.25, -0.2) is 9.78 Å². The van der Waals surface area contributed by atoms with Crippen LogP contribution in [-0.4, -0.2) is 27.6 Å². The number of nitrogens with zero attached hydrogens (tertiary/aromatic N) is 2. The zero-order valence-corrected chi connectivity index (χ0v) is 18.0. The molecule has 0 aliphatic rings. The minimum atomic E-state index is -0.608. The molecule has 0 saturated carbocycles. The van der Waals surface area contributed by atoms with Crippen molar-refractivity contribution in [3.8, 4) is 0 Å². The lowest BCUT2D eigenvalue weighted by Crippen LogP contribution is -2.27. The third-order valence-corrected chi connectivity index (χ3v) is 4.00. The van der Waals surface area contributed by atoms with E-state index >= 15 is 0 Å². The number of ether oxygens (including phenoxy) is 1. The third-order valence-electron chi connectivity index (χ3n) is 3.81. The number of nitrogens with one attached hydrogen (secondary N) is 3. The molecule has 2 aromatic carbocycles. The maximum Gasteiger partial charge on any atom is 0.412 e. The summed E-state index contributed by atoms with van der Waals surface area (Å²) in [5.74, 6) is -0.00591. The first-order valence-electron chi connectivity index (χ1n) is 9.46. The maximum absolute atomic E-state index is 12.5. The molecule has 3 N–H and O–H groups in total. The quantitative estimate of drug-likeness (QED) is 0.455. The van der Waals surface area contributed by atoms with Gasteiger partial charge in [-0.15, -0.1) is 0 Å². The SMILES string of the molecule is CC(C)(C)OC(=O)Nc1cccc(Nc2nc(Cl)ncc2NC(=O)c2ccccc2)c1. The van der Waals surface area contributed by atoms with Crippen molar-refractivity contribution in [3.05, 3.63) is 71.6 Å². The van der Waals surface area contributed by atoms with Gasteiger partial charge in [-0.2, -0.15) is 4.98 Å². The van der Waals surface area contributed by atoms with Crippen molar-refractivity contribution in [1.82, 2.24) is 9.97 Å². The van der Waals surface area contributed by atoms with Crippen LogP contribution in [-0.2, 0) is 4.74 Å². The van der Waals surface area contributed by atoms with Crippen LogP contribution in [0.25, 0.3) is 0 Å². The van der Waals surface area contributed by atoms with Crippen LogP contribution < -0.4 is 16.0 Å². The largest absolute Gasteiger partial charge is 0.444 e. The number of rotatable bonds is 5. The molecule has 0 unspecified atom stereocenters. The summed E-state index contributed by atoms with van der Waals surface area (Å²) in [5, 5.41) is 8.55. The second kappa shape index (κ2) is 9.44. The number of halogens is 1. The number of carbonyl (C=O) groups is 2. The molecule has 160 valence electrons. The molecular formula is C22H22ClN5O3. The van der Waals surface area contributed by atoms with Gasteiger partial charge in [0.1, 0.15) is 11.3 Å². The van der Waals surface area contributed by atoms with Crippen molar-refractivity contribution in [2.45, 2.75) is 26.4 Å². The molecular weight excluding hydrogens is 418 g/mol. The normalized spacial score (nSPS) is 10.8. The van der Waals surface area contributed by atoms with E-state index in [0.717, 1.165) is 0 Å². The highest BCUT2D eigenvalue weighted by molar-refractivity contribution is 6.28. The maximum atomic E-state index is 12.5. The number of aromatic nitrogens is 2. The summed E-state index contributed by atoms with van der Waals surface area (Å²) in [5.41, 5.74) is 1.37. The molecule has 0 spiro atoms. The predicted octanol–water partition coefficient (Wildman–Crippen LogP) is 5.47. The summed E-state index contributed by atoms with van der Waals surface area (Å²) < 4.78 is 5.26. The Hall–Kier alpha value is -3.65. The van der Waals surface area contributed by atoms with E-state index in [2.05, 4.69) is 25.9 Å². The zero-order chi connectivity index (χ0) is 22.4. The highest BCUT2D eigenvalue weighted by Gasteiger charge is 2.16. The van der Waals surface area contributed by atoms with E-state index in [0.29, 0.717) is 28.4 Å². The van der Waals surface area contributed by atoms with Gasteiger partial charge < -0.3 is 15.4 Å². The Bertz CT molecular complexity index is 1080. The second-order valence-electron chi connectivity index (χ2n) is 7.55. The lowest BCUT2D eigenvalue weighted by Gasteiger charge is -2.20. The van der Waals surface area contributed by atoms with Crippen LogP contribution in [0.5, 0.6) is 0 Å². The van der Waals surface area contributed by atoms with E-state index in [9.17, 15) is 9.59 Å². The molecule has 9 heteroatoms. The standard InChI is InChI=1S/C22H22ClN5O3/c1-22(2,3)31-21(30)26-16-11-7-10-15(12-16)25-18-17(13-24-20(23)28-18)27-19(29)14-8-5-4-6-9-14/h4-13H,1-3H3,(H,26,30)(H,27,29)(H,24,25,28). The first kappa shape index (κ1) is 22.0. The molecule has 0 atom stereocenters. The Labute approximate surface area is 185 Å². The minimum absolute atomic E-state index is 0.0169. The van der Waals surface area contributed by atoms with Crippen molar-refractivity contribution >= 4 is 46.5 Å². The number of hydrogen-bond acceptors (Lipinski definition) is 6. The van der Waals surface area contributed by atoms with Gasteiger partial charge in [-0.3, -0.25) is 10.1 Å². The summed E-state index contributed by atoms with van der Waals surface area (Å²) in [7, 11) is 0. The molecule has 3 rings (SSSR count). The van der Waals surface area contributed by atoms with E-state index in [4.69, 9.17) is 16.3 Å². The van der Waals surface area contributed by atoms with Crippen molar-refractivity contribution < 1.29 is 14.3 Å². The Kier molecular flexibility index (Phi) is 6.71. The molecule has 0 radical (unpaired) electrons. The number of amides is 2. The van der Waals surface area contributed by atoms with E-state index in [1.807, 2.05) is 6.07 Å². The molecule has 0 bridgehead atoms. The molecule has 0 fully saturated rings. The van der Waals surface area contributed by atoms with Crippen LogP contribution in [0, 0.1) is 0 Å². The second-order valence-corrected chi connectivity index (χ2v) is 7.89. The van der Waals surface area contributed by atoms with Gasteiger partial charge in [-0.05, 0) is 62.7 Å². The van der Waals surface area contributed by atoms with Gasteiger partial charge in [-0.1, -0.05) is 24.3 Å². The highest BCUT2D eigenvalue weighted by atomic mass is 35.5. The highest BCUT2D eigenvalue weighted by Crippen LogP contribution is 2.26. The number of anilines is 4. The lowest BCUT2D eigenvalue weighted by molar-refractivity contribution is 0.0635. The van der Waals surface area contributed by atoms with Crippen molar-refractivity contribution in [2.75, 3.05) is 16.0 Å². The molecule has 0 saturated heterocycles. The molecule has 2 amide bonds. The predicted molar refractivity (Wildman–Crippen MR) is 121 cm³/mol. The topological polar surface area (TPSA) is 105 Å². The fourth-order valence-corrected chi connectivity index (χ4v) is 2.70. The van der Waals surface area contributed by atoms with E-state index in [-0.39, 0.29) is 11.2 Å². The Morgan fingerprint density at radius 2 is 1.68 bits per heavy atom. The summed E-state index contributed by atoms with van der Waals surface area (Å²) in [6.45, 7) is 5.36. The average molecular weight is 440 g/mol. The summed E-state index contributed by atoms with van der Waals surface area (Å²) >= 11 is 5.95. The monoisotopic (exact) mass is 439 g/mol. The Balaban J connectivity index is 1.77. The smallest absolute Gasteiger partial charge is 0.412 e. The van der Waals surface area contributed by atoms with Gasteiger partial charge in [0.15, 0.2) is 5.82 Å². The van der Waals surface area contributed by atoms with E-state index in [1.165, 1.54) is 6.20 Å². The molecule has 1 heterocycles. The van der Waals surface area contributed by atoms with E-state index in [1.54, 1.807) is 69.3 Å². The van der Waals surface area contributed by atoms with E-state index < -0.39 is 11.7 Å². The summed E-state index contributed by atoms with van der Waals surface area (Å²) in [6.07, 6.45) is 0.854. The fourth-order valence-electron chi connectivity index (χ4n) is 2.56. The molecule has 8 nitrogen and oxygen atoms in total. The molecule has 31 heavy (non-hydrogen) atoms. The number of hydrogen-bond donors (Lipinski definition) is 3. The van der Waals surface area contributed by atoms with Crippen LogP contribution in [0.4, 0.5) is 27.7 Å². The van der Waals surface area contributed by atoms with Crippen LogP contribution in [0.1, 0.15) is 31.1 Å². The number of carbonyl (C=O) groups excluding carboxylic acids is 2. The van der Waals surface area contributed by atoms with Crippen molar-refractivity contribution in [1.29, 1.82) is 0 Å². The van der Waals surface area contributed by atoms with Crippen LogP contribution in [0.15, 0.2) is 60.8 Å². The van der Waals surface area contributed by atoms with Crippen LogP contribution in [0.2, 0.25) is 5.28 Å². The summed E-state index contributed by atoms with van der Waals surface area (Å²) in [4.78, 5) is 32.6. The summed E-state index contributed by atoms with van der Waals surface area (Å²) in [6, 6.07) is 15.7. The first-order valence-corrected chi connectivity index (χ1v) is 9.83. The zero-order valence-electron chi connectivity index (χ0n) is 17.3. The Morgan fingerprint density at radius 1 is 0.968 bits per heavy atom. The van der Waals surface area contributed by atoms with Crippen molar-refractivity contribution in [3.63, 3.8) is 0 Å². The molecule has 3 aromatic rings. The van der Waals surface area contributed by atoms with Gasteiger partial charge in [0.2, 0.25) is 5.28 Å². The third kappa shape index (κ3) is 6.68. The average Bonchev–Trinajstić information content (AvgIpc) is 2.69. The Morgan fingerprint density at radius 3 is 2.39 bits per heavy atom. The molecule has 1 aromatic heterocycles. The van der Waals surface area contributed by atoms with Gasteiger partial charge in [0, 0.05) is 16.9 Å². The van der Waals surface area contributed by atoms with Gasteiger partial charge >= 0.3 is 6.09 Å². The fraction of sp³-hybridized carbons (Fsp3) is 0.182.